The fraction of sp³-hybridized carbons (Fsp3) is 0.333. The number of furan rings is 1. The number of benzene rings is 1. The van der Waals surface area contributed by atoms with Crippen LogP contribution in [0.3, 0.4) is 0 Å². The minimum atomic E-state index is -1.23. The number of aromatic carboxylic acids is 1. The summed E-state index contributed by atoms with van der Waals surface area (Å²) in [5, 5.41) is 11.6. The molecule has 7 nitrogen and oxygen atoms in total. The summed E-state index contributed by atoms with van der Waals surface area (Å²) < 4.78 is 16.4. The molecular weight excluding hydrogens is 326 g/mol. The van der Waals surface area contributed by atoms with Gasteiger partial charge >= 0.3 is 5.97 Å². The molecule has 2 heterocycles. The van der Waals surface area contributed by atoms with Gasteiger partial charge in [-0.1, -0.05) is 6.07 Å². The summed E-state index contributed by atoms with van der Waals surface area (Å²) in [6.07, 6.45) is 2.04. The molecule has 25 heavy (non-hydrogen) atoms. The van der Waals surface area contributed by atoms with E-state index in [1.807, 2.05) is 19.1 Å². The van der Waals surface area contributed by atoms with Gasteiger partial charge < -0.3 is 24.3 Å². The summed E-state index contributed by atoms with van der Waals surface area (Å²) in [5.74, 6) is -1.60. The van der Waals surface area contributed by atoms with Crippen LogP contribution in [-0.4, -0.2) is 36.3 Å². The van der Waals surface area contributed by atoms with Crippen molar-refractivity contribution in [2.45, 2.75) is 25.9 Å². The molecule has 1 amide bonds. The Morgan fingerprint density at radius 1 is 1.28 bits per heavy atom. The SMILES string of the molecule is Cc1ccc(NC(=O)c2ccc(C(=O)O)o2)c(OC[C@H]2CCCO2)c1. The number of hydrogen-bond acceptors (Lipinski definition) is 5. The van der Waals surface area contributed by atoms with Crippen molar-refractivity contribution >= 4 is 17.6 Å². The first-order chi connectivity index (χ1) is 12.0. The highest BCUT2D eigenvalue weighted by atomic mass is 16.5. The molecule has 0 unspecified atom stereocenters. The molecule has 1 fully saturated rings. The molecule has 1 aromatic heterocycles. The first-order valence-electron chi connectivity index (χ1n) is 8.02. The number of carbonyl (C=O) groups excluding carboxylic acids is 1. The molecule has 0 aliphatic carbocycles. The number of anilines is 1. The van der Waals surface area contributed by atoms with Crippen LogP contribution in [0.25, 0.3) is 0 Å². The molecule has 132 valence electrons. The molecule has 2 N–H and O–H groups in total. The van der Waals surface area contributed by atoms with Crippen LogP contribution in [0.5, 0.6) is 5.75 Å². The Labute approximate surface area is 144 Å². The van der Waals surface area contributed by atoms with E-state index in [-0.39, 0.29) is 17.6 Å². The zero-order valence-corrected chi connectivity index (χ0v) is 13.8. The molecule has 1 atom stereocenters. The van der Waals surface area contributed by atoms with Gasteiger partial charge in [-0.25, -0.2) is 4.79 Å². The van der Waals surface area contributed by atoms with E-state index >= 15 is 0 Å². The third kappa shape index (κ3) is 4.19. The Kier molecular flexibility index (Phi) is 5.04. The predicted molar refractivity (Wildman–Crippen MR) is 89.3 cm³/mol. The van der Waals surface area contributed by atoms with Crippen molar-refractivity contribution in [3.63, 3.8) is 0 Å². The van der Waals surface area contributed by atoms with E-state index in [2.05, 4.69) is 5.32 Å². The summed E-state index contributed by atoms with van der Waals surface area (Å²) in [6, 6.07) is 7.97. The van der Waals surface area contributed by atoms with Crippen molar-refractivity contribution in [3.8, 4) is 5.75 Å². The topological polar surface area (TPSA) is 98.0 Å². The van der Waals surface area contributed by atoms with E-state index in [0.717, 1.165) is 25.0 Å². The van der Waals surface area contributed by atoms with Crippen molar-refractivity contribution in [1.82, 2.24) is 0 Å². The summed E-state index contributed by atoms with van der Waals surface area (Å²) >= 11 is 0. The average molecular weight is 345 g/mol. The lowest BCUT2D eigenvalue weighted by Gasteiger charge is -2.15. The van der Waals surface area contributed by atoms with Crippen molar-refractivity contribution < 1.29 is 28.6 Å². The van der Waals surface area contributed by atoms with Gasteiger partial charge in [0.05, 0.1) is 11.8 Å². The standard InChI is InChI=1S/C18H19NO6/c1-11-4-5-13(16(9-11)24-10-12-3-2-8-23-12)19-17(20)14-6-7-15(25-14)18(21)22/h4-7,9,12H,2-3,8,10H2,1H3,(H,19,20)(H,21,22)/t12-/m1/s1. The molecule has 2 aromatic rings. The zero-order chi connectivity index (χ0) is 17.8. The van der Waals surface area contributed by atoms with Crippen molar-refractivity contribution in [2.75, 3.05) is 18.5 Å². The van der Waals surface area contributed by atoms with Crippen LogP contribution in [0, 0.1) is 6.92 Å². The van der Waals surface area contributed by atoms with Crippen LogP contribution in [-0.2, 0) is 4.74 Å². The zero-order valence-electron chi connectivity index (χ0n) is 13.8. The number of hydrogen-bond donors (Lipinski definition) is 2. The largest absolute Gasteiger partial charge is 0.489 e. The van der Waals surface area contributed by atoms with Gasteiger partial charge in [0.1, 0.15) is 12.4 Å². The highest BCUT2D eigenvalue weighted by molar-refractivity contribution is 6.03. The van der Waals surface area contributed by atoms with Gasteiger partial charge in [-0.05, 0) is 49.6 Å². The van der Waals surface area contributed by atoms with Crippen LogP contribution in [0.15, 0.2) is 34.7 Å². The number of amides is 1. The molecule has 1 saturated heterocycles. The van der Waals surface area contributed by atoms with Gasteiger partial charge in [0, 0.05) is 6.61 Å². The number of aryl methyl sites for hydroxylation is 1. The summed E-state index contributed by atoms with van der Waals surface area (Å²) in [6.45, 7) is 3.09. The third-order valence-electron chi connectivity index (χ3n) is 3.87. The second-order valence-electron chi connectivity index (χ2n) is 5.87. The van der Waals surface area contributed by atoms with E-state index in [0.29, 0.717) is 18.0 Å². The van der Waals surface area contributed by atoms with Gasteiger partial charge in [0.25, 0.3) is 5.91 Å². The van der Waals surface area contributed by atoms with Crippen molar-refractivity contribution in [2.24, 2.45) is 0 Å². The molecule has 1 aliphatic heterocycles. The summed E-state index contributed by atoms with van der Waals surface area (Å²) in [7, 11) is 0. The van der Waals surface area contributed by atoms with Crippen molar-refractivity contribution in [1.29, 1.82) is 0 Å². The molecule has 7 heteroatoms. The minimum Gasteiger partial charge on any atom is -0.489 e. The second kappa shape index (κ2) is 7.40. The fourth-order valence-electron chi connectivity index (χ4n) is 2.57. The molecule has 0 spiro atoms. The lowest BCUT2D eigenvalue weighted by molar-refractivity contribution is 0.0660. The number of ether oxygens (including phenoxy) is 2. The van der Waals surface area contributed by atoms with Gasteiger partial charge in [0.15, 0.2) is 5.76 Å². The van der Waals surface area contributed by atoms with E-state index in [4.69, 9.17) is 19.0 Å². The van der Waals surface area contributed by atoms with Crippen LogP contribution >= 0.6 is 0 Å². The monoisotopic (exact) mass is 345 g/mol. The Morgan fingerprint density at radius 3 is 2.76 bits per heavy atom. The Hall–Kier alpha value is -2.80. The number of carbonyl (C=O) groups is 2. The molecular formula is C18H19NO6. The molecule has 0 bridgehead atoms. The highest BCUT2D eigenvalue weighted by Crippen LogP contribution is 2.27. The van der Waals surface area contributed by atoms with Gasteiger partial charge in [-0.3, -0.25) is 4.79 Å². The number of carboxylic acids is 1. The van der Waals surface area contributed by atoms with Crippen LogP contribution in [0.1, 0.15) is 39.5 Å². The Morgan fingerprint density at radius 2 is 2.08 bits per heavy atom. The quantitative estimate of drug-likeness (QED) is 0.835. The number of rotatable bonds is 6. The molecule has 0 saturated carbocycles. The third-order valence-corrected chi connectivity index (χ3v) is 3.87. The van der Waals surface area contributed by atoms with Crippen LogP contribution < -0.4 is 10.1 Å². The maximum Gasteiger partial charge on any atom is 0.371 e. The van der Waals surface area contributed by atoms with E-state index < -0.39 is 11.9 Å². The van der Waals surface area contributed by atoms with Crippen LogP contribution in [0.2, 0.25) is 0 Å². The average Bonchev–Trinajstić information content (AvgIpc) is 3.26. The fourth-order valence-corrected chi connectivity index (χ4v) is 2.57. The number of nitrogens with one attached hydrogen (secondary N) is 1. The molecule has 1 aliphatic rings. The predicted octanol–water partition coefficient (Wildman–Crippen LogP) is 3.10. The van der Waals surface area contributed by atoms with Gasteiger partial charge in [-0.2, -0.15) is 0 Å². The van der Waals surface area contributed by atoms with E-state index in [1.54, 1.807) is 6.07 Å². The lowest BCUT2D eigenvalue weighted by Crippen LogP contribution is -2.18. The normalized spacial score (nSPS) is 16.6. The maximum absolute atomic E-state index is 12.3. The van der Waals surface area contributed by atoms with E-state index in [1.165, 1.54) is 12.1 Å². The smallest absolute Gasteiger partial charge is 0.371 e. The first kappa shape index (κ1) is 17.0. The second-order valence-corrected chi connectivity index (χ2v) is 5.87. The first-order valence-corrected chi connectivity index (χ1v) is 8.02. The molecule has 0 radical (unpaired) electrons. The Balaban J connectivity index is 1.71. The minimum absolute atomic E-state index is 0.0623. The highest BCUT2D eigenvalue weighted by Gasteiger charge is 2.19. The summed E-state index contributed by atoms with van der Waals surface area (Å²) in [4.78, 5) is 23.1. The van der Waals surface area contributed by atoms with Crippen LogP contribution in [0.4, 0.5) is 5.69 Å². The van der Waals surface area contributed by atoms with E-state index in [9.17, 15) is 9.59 Å². The molecule has 3 rings (SSSR count). The van der Waals surface area contributed by atoms with Gasteiger partial charge in [-0.15, -0.1) is 0 Å². The molecule has 1 aromatic carbocycles. The summed E-state index contributed by atoms with van der Waals surface area (Å²) in [5.41, 5.74) is 1.48. The lowest BCUT2D eigenvalue weighted by atomic mass is 10.2. The Bertz CT molecular complexity index is 776. The maximum atomic E-state index is 12.3. The number of carboxylic acid groups (broad SMARTS) is 1. The van der Waals surface area contributed by atoms with Gasteiger partial charge in [0.2, 0.25) is 5.76 Å². The van der Waals surface area contributed by atoms with Crippen molar-refractivity contribution in [3.05, 3.63) is 47.4 Å².